The van der Waals surface area contributed by atoms with Crippen molar-refractivity contribution in [1.29, 1.82) is 0 Å². The molecule has 0 aliphatic heterocycles. The lowest BCUT2D eigenvalue weighted by Gasteiger charge is -2.13. The number of methoxy groups -OCH3 is 1. The summed E-state index contributed by atoms with van der Waals surface area (Å²) >= 11 is 1.45. The van der Waals surface area contributed by atoms with Crippen LogP contribution in [0.4, 0.5) is 0 Å². The summed E-state index contributed by atoms with van der Waals surface area (Å²) in [6.45, 7) is 0. The van der Waals surface area contributed by atoms with Gasteiger partial charge >= 0.3 is 0 Å². The molecule has 0 saturated carbocycles. The lowest BCUT2D eigenvalue weighted by Crippen LogP contribution is -2.06. The minimum atomic E-state index is -3.32. The second kappa shape index (κ2) is 7.59. The van der Waals surface area contributed by atoms with Crippen molar-refractivity contribution in [3.63, 3.8) is 0 Å². The van der Waals surface area contributed by atoms with Gasteiger partial charge in [0.05, 0.1) is 12.0 Å². The molecule has 0 unspecified atom stereocenters. The maximum absolute atomic E-state index is 13.4. The highest BCUT2D eigenvalue weighted by Crippen LogP contribution is 2.39. The lowest BCUT2D eigenvalue weighted by atomic mass is 10.00. The van der Waals surface area contributed by atoms with E-state index in [1.54, 1.807) is 30.3 Å². The highest BCUT2D eigenvalue weighted by molar-refractivity contribution is 7.90. The fraction of sp³-hybridized carbons (Fsp3) is 0.0870. The zero-order valence-electron chi connectivity index (χ0n) is 16.2. The lowest BCUT2D eigenvalue weighted by molar-refractivity contribution is 0.373. The van der Waals surface area contributed by atoms with E-state index in [2.05, 4.69) is 0 Å². The van der Waals surface area contributed by atoms with Crippen LogP contribution >= 0.6 is 11.3 Å². The van der Waals surface area contributed by atoms with E-state index in [1.807, 2.05) is 18.2 Å². The Morgan fingerprint density at radius 1 is 0.933 bits per heavy atom. The van der Waals surface area contributed by atoms with E-state index in [9.17, 15) is 18.3 Å². The van der Waals surface area contributed by atoms with E-state index < -0.39 is 9.84 Å². The molecule has 7 heteroatoms. The van der Waals surface area contributed by atoms with Crippen LogP contribution < -0.4 is 10.2 Å². The number of benzene rings is 3. The van der Waals surface area contributed by atoms with Crippen LogP contribution in [0, 0.1) is 0 Å². The van der Waals surface area contributed by atoms with Crippen LogP contribution in [-0.2, 0) is 9.84 Å². The molecule has 0 aliphatic rings. The molecule has 1 aromatic heterocycles. The molecule has 1 N–H and O–H groups in total. The zero-order chi connectivity index (χ0) is 21.5. The van der Waals surface area contributed by atoms with Gasteiger partial charge in [-0.05, 0) is 47.5 Å². The third-order valence-corrected chi connectivity index (χ3v) is 7.16. The van der Waals surface area contributed by atoms with Gasteiger partial charge in [0.15, 0.2) is 26.8 Å². The van der Waals surface area contributed by atoms with Gasteiger partial charge in [-0.1, -0.05) is 30.3 Å². The van der Waals surface area contributed by atoms with Crippen molar-refractivity contribution < 1.29 is 18.3 Å². The number of phenols is 1. The van der Waals surface area contributed by atoms with Crippen LogP contribution in [0.25, 0.3) is 31.7 Å². The predicted octanol–water partition coefficient (Wildman–Crippen LogP) is 4.71. The highest BCUT2D eigenvalue weighted by atomic mass is 32.2. The van der Waals surface area contributed by atoms with Crippen molar-refractivity contribution in [2.45, 2.75) is 4.90 Å². The Kier molecular flexibility index (Phi) is 5.09. The fourth-order valence-electron chi connectivity index (χ4n) is 3.29. The number of phenolic OH excluding ortho intramolecular Hbond substituents is 1. The summed E-state index contributed by atoms with van der Waals surface area (Å²) in [5, 5.41) is 10.6. The second-order valence-electron chi connectivity index (χ2n) is 6.81. The van der Waals surface area contributed by atoms with Gasteiger partial charge in [0.2, 0.25) is 0 Å². The summed E-state index contributed by atoms with van der Waals surface area (Å²) in [4.78, 5) is 14.4. The normalized spacial score (nSPS) is 11.5. The standard InChI is InChI=1S/C23H18O5S2/c1-28-19-13-15(9-12-18(19)24)21-22(25)17-5-3-4-6-20(17)29-23(21)14-7-10-16(11-8-14)30(2,26)27/h3-13,24H,1-2H3. The monoisotopic (exact) mass is 438 g/mol. The molecule has 152 valence electrons. The minimum Gasteiger partial charge on any atom is -0.504 e. The summed E-state index contributed by atoms with van der Waals surface area (Å²) in [5.74, 6) is 0.251. The third kappa shape index (κ3) is 3.58. The van der Waals surface area contributed by atoms with Gasteiger partial charge in [-0.3, -0.25) is 4.79 Å². The van der Waals surface area contributed by atoms with Crippen LogP contribution in [0.1, 0.15) is 0 Å². The van der Waals surface area contributed by atoms with Crippen molar-refractivity contribution in [1.82, 2.24) is 0 Å². The summed E-state index contributed by atoms with van der Waals surface area (Å²) < 4.78 is 29.7. The van der Waals surface area contributed by atoms with Gasteiger partial charge in [0.25, 0.3) is 0 Å². The van der Waals surface area contributed by atoms with Crippen molar-refractivity contribution >= 4 is 31.3 Å². The van der Waals surface area contributed by atoms with E-state index in [4.69, 9.17) is 4.74 Å². The molecule has 0 saturated heterocycles. The Hall–Kier alpha value is -3.16. The van der Waals surface area contributed by atoms with Crippen molar-refractivity contribution in [2.24, 2.45) is 0 Å². The van der Waals surface area contributed by atoms with Crippen molar-refractivity contribution in [3.05, 3.63) is 77.0 Å². The van der Waals surface area contributed by atoms with Gasteiger partial charge in [0.1, 0.15) is 0 Å². The van der Waals surface area contributed by atoms with E-state index in [0.717, 1.165) is 16.5 Å². The number of rotatable bonds is 4. The molecular formula is C23H18O5S2. The van der Waals surface area contributed by atoms with E-state index in [0.29, 0.717) is 21.4 Å². The summed E-state index contributed by atoms with van der Waals surface area (Å²) in [6, 6.07) is 18.6. The quantitative estimate of drug-likeness (QED) is 0.499. The maximum Gasteiger partial charge on any atom is 0.196 e. The van der Waals surface area contributed by atoms with Gasteiger partial charge in [-0.25, -0.2) is 8.42 Å². The summed E-state index contributed by atoms with van der Waals surface area (Å²) in [5.41, 5.74) is 1.68. The third-order valence-electron chi connectivity index (χ3n) is 4.81. The van der Waals surface area contributed by atoms with Crippen molar-refractivity contribution in [3.8, 4) is 33.1 Å². The Bertz CT molecular complexity index is 1420. The van der Waals surface area contributed by atoms with Gasteiger partial charge in [-0.15, -0.1) is 11.3 Å². The second-order valence-corrected chi connectivity index (χ2v) is 9.88. The first-order valence-electron chi connectivity index (χ1n) is 9.03. The van der Waals surface area contributed by atoms with E-state index in [-0.39, 0.29) is 21.8 Å². The van der Waals surface area contributed by atoms with Crippen LogP contribution in [0.3, 0.4) is 0 Å². The van der Waals surface area contributed by atoms with Gasteiger partial charge in [-0.2, -0.15) is 0 Å². The van der Waals surface area contributed by atoms with Crippen LogP contribution in [0.5, 0.6) is 11.5 Å². The largest absolute Gasteiger partial charge is 0.504 e. The smallest absolute Gasteiger partial charge is 0.196 e. The van der Waals surface area contributed by atoms with Crippen LogP contribution in [0.2, 0.25) is 0 Å². The Labute approximate surface area is 177 Å². The Morgan fingerprint density at radius 3 is 2.27 bits per heavy atom. The van der Waals surface area contributed by atoms with Crippen LogP contribution in [0.15, 0.2) is 76.4 Å². The minimum absolute atomic E-state index is 0.0165. The Balaban J connectivity index is 2.04. The van der Waals surface area contributed by atoms with Gasteiger partial charge in [0, 0.05) is 26.8 Å². The molecule has 0 radical (unpaired) electrons. The summed E-state index contributed by atoms with van der Waals surface area (Å²) in [6.07, 6.45) is 1.16. The number of fused-ring (bicyclic) bond motifs is 1. The molecule has 0 amide bonds. The number of hydrogen-bond acceptors (Lipinski definition) is 6. The van der Waals surface area contributed by atoms with E-state index >= 15 is 0 Å². The average molecular weight is 439 g/mol. The topological polar surface area (TPSA) is 80.7 Å². The molecular weight excluding hydrogens is 420 g/mol. The zero-order valence-corrected chi connectivity index (χ0v) is 17.9. The first-order valence-corrected chi connectivity index (χ1v) is 11.7. The molecule has 1 heterocycles. The predicted molar refractivity (Wildman–Crippen MR) is 120 cm³/mol. The highest BCUT2D eigenvalue weighted by Gasteiger charge is 2.18. The summed E-state index contributed by atoms with van der Waals surface area (Å²) in [7, 11) is -1.87. The molecule has 0 bridgehead atoms. The molecule has 0 fully saturated rings. The SMILES string of the molecule is COc1cc(-c2c(-c3ccc(S(C)(=O)=O)cc3)sc3ccccc3c2=O)ccc1O. The number of ether oxygens (including phenoxy) is 1. The molecule has 30 heavy (non-hydrogen) atoms. The molecule has 0 spiro atoms. The number of hydrogen-bond donors (Lipinski definition) is 1. The molecule has 4 rings (SSSR count). The molecule has 5 nitrogen and oxygen atoms in total. The maximum atomic E-state index is 13.4. The molecule has 4 aromatic rings. The van der Waals surface area contributed by atoms with Crippen molar-refractivity contribution in [2.75, 3.05) is 13.4 Å². The Morgan fingerprint density at radius 2 is 1.60 bits per heavy atom. The molecule has 0 atom stereocenters. The van der Waals surface area contributed by atoms with E-state index in [1.165, 1.54) is 36.6 Å². The average Bonchev–Trinajstić information content (AvgIpc) is 2.74. The molecule has 0 aliphatic carbocycles. The number of aromatic hydroxyl groups is 1. The number of sulfone groups is 1. The molecule has 3 aromatic carbocycles. The van der Waals surface area contributed by atoms with Crippen LogP contribution in [-0.4, -0.2) is 26.9 Å². The fourth-order valence-corrected chi connectivity index (χ4v) is 5.13. The first kappa shape index (κ1) is 20.1. The first-order chi connectivity index (χ1) is 14.3. The van der Waals surface area contributed by atoms with Gasteiger partial charge < -0.3 is 9.84 Å².